The van der Waals surface area contributed by atoms with Crippen LogP contribution in [0.3, 0.4) is 0 Å². The Hall–Kier alpha value is -2.20. The third-order valence-corrected chi connectivity index (χ3v) is 3.98. The average Bonchev–Trinajstić information content (AvgIpc) is 2.94. The molecule has 0 atom stereocenters. The highest BCUT2D eigenvalue weighted by Gasteiger charge is 2.09. The number of Topliss-reactive ketones (excluding diaryl/α,β-unsaturated/α-hetero) is 1. The molecule has 0 aliphatic rings. The molecule has 20 heavy (non-hydrogen) atoms. The minimum atomic E-state index is 0.0704. The van der Waals surface area contributed by atoms with E-state index in [1.807, 2.05) is 41.8 Å². The lowest BCUT2D eigenvalue weighted by Gasteiger charge is -2.04. The second-order valence-electron chi connectivity index (χ2n) is 4.48. The third-order valence-electron chi connectivity index (χ3n) is 3.12. The molecule has 100 valence electrons. The normalized spacial score (nSPS) is 10.7. The summed E-state index contributed by atoms with van der Waals surface area (Å²) in [7, 11) is 1.62. The lowest BCUT2D eigenvalue weighted by Crippen LogP contribution is -2.04. The SMILES string of the molecule is COc1cccc(CC(=O)c2cnc3ccsc3c2)c1. The number of ether oxygens (including phenoxy) is 1. The number of nitrogens with zero attached hydrogens (tertiary/aromatic N) is 1. The summed E-state index contributed by atoms with van der Waals surface area (Å²) in [5.74, 6) is 0.836. The van der Waals surface area contributed by atoms with Crippen LogP contribution in [0.5, 0.6) is 5.75 Å². The number of fused-ring (bicyclic) bond motifs is 1. The number of methoxy groups -OCH3 is 1. The van der Waals surface area contributed by atoms with Gasteiger partial charge in [-0.2, -0.15) is 0 Å². The number of thiophene rings is 1. The molecule has 1 aromatic carbocycles. The Bertz CT molecular complexity index is 764. The van der Waals surface area contributed by atoms with Crippen LogP contribution in [0, 0.1) is 0 Å². The van der Waals surface area contributed by atoms with E-state index in [2.05, 4.69) is 4.98 Å². The first-order valence-corrected chi connectivity index (χ1v) is 7.13. The molecule has 0 aliphatic carbocycles. The van der Waals surface area contributed by atoms with Crippen molar-refractivity contribution in [2.24, 2.45) is 0 Å². The van der Waals surface area contributed by atoms with Crippen molar-refractivity contribution >= 4 is 27.3 Å². The molecule has 2 aromatic heterocycles. The van der Waals surface area contributed by atoms with Crippen LogP contribution in [0.25, 0.3) is 10.2 Å². The molecular weight excluding hydrogens is 270 g/mol. The Morgan fingerprint density at radius 3 is 3.05 bits per heavy atom. The van der Waals surface area contributed by atoms with Crippen molar-refractivity contribution in [3.63, 3.8) is 0 Å². The predicted octanol–water partition coefficient (Wildman–Crippen LogP) is 3.73. The Morgan fingerprint density at radius 2 is 2.20 bits per heavy atom. The monoisotopic (exact) mass is 283 g/mol. The van der Waals surface area contributed by atoms with Crippen LogP contribution >= 0.6 is 11.3 Å². The van der Waals surface area contributed by atoms with E-state index < -0.39 is 0 Å². The number of pyridine rings is 1. The summed E-state index contributed by atoms with van der Waals surface area (Å²) in [4.78, 5) is 16.6. The van der Waals surface area contributed by atoms with E-state index >= 15 is 0 Å². The van der Waals surface area contributed by atoms with Crippen molar-refractivity contribution < 1.29 is 9.53 Å². The lowest BCUT2D eigenvalue weighted by molar-refractivity contribution is 0.0993. The van der Waals surface area contributed by atoms with Crippen LogP contribution in [-0.2, 0) is 6.42 Å². The number of aromatic nitrogens is 1. The van der Waals surface area contributed by atoms with Gasteiger partial charge in [0.2, 0.25) is 0 Å². The highest BCUT2D eigenvalue weighted by Crippen LogP contribution is 2.21. The van der Waals surface area contributed by atoms with Gasteiger partial charge in [0.05, 0.1) is 17.3 Å². The molecule has 0 aliphatic heterocycles. The van der Waals surface area contributed by atoms with Gasteiger partial charge in [-0.3, -0.25) is 9.78 Å². The molecule has 0 unspecified atom stereocenters. The minimum absolute atomic E-state index is 0.0704. The van der Waals surface area contributed by atoms with Crippen molar-refractivity contribution in [2.75, 3.05) is 7.11 Å². The highest BCUT2D eigenvalue weighted by atomic mass is 32.1. The fraction of sp³-hybridized carbons (Fsp3) is 0.125. The molecule has 2 heterocycles. The lowest BCUT2D eigenvalue weighted by atomic mass is 10.0. The highest BCUT2D eigenvalue weighted by molar-refractivity contribution is 7.17. The Kier molecular flexibility index (Phi) is 3.48. The summed E-state index contributed by atoms with van der Waals surface area (Å²) in [5, 5.41) is 1.98. The van der Waals surface area contributed by atoms with Crippen LogP contribution in [0.4, 0.5) is 0 Å². The Balaban J connectivity index is 1.84. The molecule has 0 fully saturated rings. The van der Waals surface area contributed by atoms with Gasteiger partial charge in [-0.05, 0) is 35.2 Å². The van der Waals surface area contributed by atoms with Crippen molar-refractivity contribution in [2.45, 2.75) is 6.42 Å². The van der Waals surface area contributed by atoms with E-state index in [9.17, 15) is 4.79 Å². The van der Waals surface area contributed by atoms with Gasteiger partial charge in [0.15, 0.2) is 5.78 Å². The average molecular weight is 283 g/mol. The number of hydrogen-bond donors (Lipinski definition) is 0. The molecule has 0 radical (unpaired) electrons. The van der Waals surface area contributed by atoms with Gasteiger partial charge < -0.3 is 4.74 Å². The summed E-state index contributed by atoms with van der Waals surface area (Å²) in [6.45, 7) is 0. The van der Waals surface area contributed by atoms with Gasteiger partial charge in [-0.25, -0.2) is 0 Å². The number of rotatable bonds is 4. The van der Waals surface area contributed by atoms with Crippen molar-refractivity contribution in [3.8, 4) is 5.75 Å². The molecule has 0 amide bonds. The molecule has 3 rings (SSSR count). The van der Waals surface area contributed by atoms with Crippen molar-refractivity contribution in [1.29, 1.82) is 0 Å². The molecule has 0 spiro atoms. The van der Waals surface area contributed by atoms with Gasteiger partial charge in [0.25, 0.3) is 0 Å². The zero-order chi connectivity index (χ0) is 13.9. The second kappa shape index (κ2) is 5.43. The fourth-order valence-electron chi connectivity index (χ4n) is 2.07. The summed E-state index contributed by atoms with van der Waals surface area (Å²) in [5.41, 5.74) is 2.54. The first kappa shape index (κ1) is 12.8. The summed E-state index contributed by atoms with van der Waals surface area (Å²) in [6.07, 6.45) is 2.01. The third kappa shape index (κ3) is 2.56. The molecule has 0 saturated carbocycles. The first-order valence-electron chi connectivity index (χ1n) is 6.25. The first-order chi connectivity index (χ1) is 9.76. The van der Waals surface area contributed by atoms with E-state index in [1.54, 1.807) is 24.6 Å². The summed E-state index contributed by atoms with van der Waals surface area (Å²) in [6, 6.07) is 11.4. The van der Waals surface area contributed by atoms with Crippen LogP contribution in [0.2, 0.25) is 0 Å². The Morgan fingerprint density at radius 1 is 1.30 bits per heavy atom. The number of carbonyl (C=O) groups excluding carboxylic acids is 1. The van der Waals surface area contributed by atoms with Crippen LogP contribution in [0.1, 0.15) is 15.9 Å². The number of ketones is 1. The molecule has 3 aromatic rings. The largest absolute Gasteiger partial charge is 0.497 e. The second-order valence-corrected chi connectivity index (χ2v) is 5.43. The van der Waals surface area contributed by atoms with E-state index in [4.69, 9.17) is 4.74 Å². The topological polar surface area (TPSA) is 39.2 Å². The number of carbonyl (C=O) groups is 1. The van der Waals surface area contributed by atoms with Gasteiger partial charge in [-0.15, -0.1) is 11.3 Å². The smallest absolute Gasteiger partial charge is 0.168 e. The van der Waals surface area contributed by atoms with E-state index in [-0.39, 0.29) is 5.78 Å². The number of hydrogen-bond acceptors (Lipinski definition) is 4. The van der Waals surface area contributed by atoms with E-state index in [0.717, 1.165) is 21.5 Å². The standard InChI is InChI=1S/C16H13NO2S/c1-19-13-4-2-3-11(7-13)8-15(18)12-9-16-14(17-10-12)5-6-20-16/h2-7,9-10H,8H2,1H3. The zero-order valence-electron chi connectivity index (χ0n) is 11.0. The van der Waals surface area contributed by atoms with Crippen LogP contribution < -0.4 is 4.74 Å². The van der Waals surface area contributed by atoms with Gasteiger partial charge in [0.1, 0.15) is 5.75 Å². The zero-order valence-corrected chi connectivity index (χ0v) is 11.8. The molecule has 0 saturated heterocycles. The van der Waals surface area contributed by atoms with E-state index in [1.165, 1.54) is 0 Å². The van der Waals surface area contributed by atoms with Gasteiger partial charge in [-0.1, -0.05) is 12.1 Å². The van der Waals surface area contributed by atoms with Crippen molar-refractivity contribution in [1.82, 2.24) is 4.98 Å². The summed E-state index contributed by atoms with van der Waals surface area (Å²) < 4.78 is 6.21. The van der Waals surface area contributed by atoms with E-state index in [0.29, 0.717) is 12.0 Å². The minimum Gasteiger partial charge on any atom is -0.497 e. The van der Waals surface area contributed by atoms with Crippen molar-refractivity contribution in [3.05, 3.63) is 59.1 Å². The van der Waals surface area contributed by atoms with Gasteiger partial charge >= 0.3 is 0 Å². The molecule has 3 nitrogen and oxygen atoms in total. The molecule has 0 bridgehead atoms. The van der Waals surface area contributed by atoms with Crippen LogP contribution in [0.15, 0.2) is 48.0 Å². The van der Waals surface area contributed by atoms with Gasteiger partial charge in [0, 0.05) is 18.2 Å². The fourth-order valence-corrected chi connectivity index (χ4v) is 2.85. The maximum absolute atomic E-state index is 12.3. The maximum Gasteiger partial charge on any atom is 0.168 e. The molecule has 4 heteroatoms. The number of benzene rings is 1. The molecule has 0 N–H and O–H groups in total. The maximum atomic E-state index is 12.3. The Labute approximate surface area is 120 Å². The van der Waals surface area contributed by atoms with Crippen LogP contribution in [-0.4, -0.2) is 17.9 Å². The quantitative estimate of drug-likeness (QED) is 0.685. The molecular formula is C16H13NO2S. The summed E-state index contributed by atoms with van der Waals surface area (Å²) >= 11 is 1.60. The predicted molar refractivity (Wildman–Crippen MR) is 80.6 cm³/mol.